The lowest BCUT2D eigenvalue weighted by Gasteiger charge is -2.18. The minimum atomic E-state index is 0.326. The first-order valence-electron chi connectivity index (χ1n) is 6.41. The summed E-state index contributed by atoms with van der Waals surface area (Å²) < 4.78 is 0. The van der Waals surface area contributed by atoms with Crippen molar-refractivity contribution < 1.29 is 0 Å². The van der Waals surface area contributed by atoms with Crippen molar-refractivity contribution in [1.29, 1.82) is 0 Å². The summed E-state index contributed by atoms with van der Waals surface area (Å²) in [6.45, 7) is 0. The van der Waals surface area contributed by atoms with Crippen molar-refractivity contribution in [3.05, 3.63) is 64.6 Å². The standard InChI is InChI=1S/C16H16N2S/c1-17-16(9-13-10-18-11-19-13)15-8-4-6-12-5-2-3-7-14(12)15/h2-8,10-11,16-17H,9H2,1H3. The molecule has 1 unspecified atom stereocenters. The Hall–Kier alpha value is -1.71. The van der Waals surface area contributed by atoms with Crippen molar-refractivity contribution in [3.8, 4) is 0 Å². The van der Waals surface area contributed by atoms with E-state index in [2.05, 4.69) is 52.8 Å². The summed E-state index contributed by atoms with van der Waals surface area (Å²) in [5.41, 5.74) is 3.25. The van der Waals surface area contributed by atoms with Crippen LogP contribution < -0.4 is 5.32 Å². The van der Waals surface area contributed by atoms with Crippen LogP contribution in [0.1, 0.15) is 16.5 Å². The third-order valence-electron chi connectivity index (χ3n) is 3.44. The van der Waals surface area contributed by atoms with Crippen LogP contribution >= 0.6 is 11.3 Å². The molecule has 96 valence electrons. The zero-order valence-electron chi connectivity index (χ0n) is 10.8. The third kappa shape index (κ3) is 2.53. The van der Waals surface area contributed by atoms with Crippen LogP contribution in [0, 0.1) is 0 Å². The second-order valence-corrected chi connectivity index (χ2v) is 5.55. The highest BCUT2D eigenvalue weighted by atomic mass is 32.1. The van der Waals surface area contributed by atoms with Gasteiger partial charge >= 0.3 is 0 Å². The van der Waals surface area contributed by atoms with E-state index in [0.717, 1.165) is 6.42 Å². The van der Waals surface area contributed by atoms with Gasteiger partial charge in [0, 0.05) is 23.5 Å². The SMILES string of the molecule is CNC(Cc1cncs1)c1cccc2ccccc12. The van der Waals surface area contributed by atoms with Crippen LogP contribution in [0.2, 0.25) is 0 Å². The number of nitrogens with zero attached hydrogens (tertiary/aromatic N) is 1. The van der Waals surface area contributed by atoms with E-state index in [-0.39, 0.29) is 0 Å². The number of hydrogen-bond donors (Lipinski definition) is 1. The molecule has 1 N–H and O–H groups in total. The Morgan fingerprint density at radius 1 is 1.16 bits per heavy atom. The van der Waals surface area contributed by atoms with E-state index in [0.29, 0.717) is 6.04 Å². The summed E-state index contributed by atoms with van der Waals surface area (Å²) in [5, 5.41) is 6.05. The first-order valence-corrected chi connectivity index (χ1v) is 7.29. The Kier molecular flexibility index (Phi) is 3.58. The summed E-state index contributed by atoms with van der Waals surface area (Å²) in [6.07, 6.45) is 2.94. The molecule has 0 aliphatic heterocycles. The molecule has 3 heteroatoms. The maximum atomic E-state index is 4.16. The maximum Gasteiger partial charge on any atom is 0.0794 e. The Morgan fingerprint density at radius 2 is 2.00 bits per heavy atom. The number of aromatic nitrogens is 1. The van der Waals surface area contributed by atoms with Gasteiger partial charge in [0.05, 0.1) is 5.51 Å². The minimum absolute atomic E-state index is 0.326. The lowest BCUT2D eigenvalue weighted by molar-refractivity contribution is 0.600. The van der Waals surface area contributed by atoms with Crippen molar-refractivity contribution in [1.82, 2.24) is 10.3 Å². The molecule has 3 rings (SSSR count). The van der Waals surface area contributed by atoms with Gasteiger partial charge < -0.3 is 5.32 Å². The average molecular weight is 268 g/mol. The molecule has 3 aromatic rings. The molecule has 19 heavy (non-hydrogen) atoms. The molecule has 0 aliphatic carbocycles. The first-order chi connectivity index (χ1) is 9.38. The third-order valence-corrected chi connectivity index (χ3v) is 4.24. The largest absolute Gasteiger partial charge is 0.313 e. The second kappa shape index (κ2) is 5.51. The molecular weight excluding hydrogens is 252 g/mol. The Balaban J connectivity index is 2.01. The maximum absolute atomic E-state index is 4.16. The number of thiazole rings is 1. The molecule has 1 aromatic heterocycles. The van der Waals surface area contributed by atoms with Gasteiger partial charge in [-0.1, -0.05) is 42.5 Å². The van der Waals surface area contributed by atoms with E-state index < -0.39 is 0 Å². The number of nitrogens with one attached hydrogen (secondary N) is 1. The topological polar surface area (TPSA) is 24.9 Å². The molecule has 0 radical (unpaired) electrons. The van der Waals surface area contributed by atoms with Crippen LogP contribution in [-0.4, -0.2) is 12.0 Å². The van der Waals surface area contributed by atoms with Crippen molar-refractivity contribution >= 4 is 22.1 Å². The van der Waals surface area contributed by atoms with Gasteiger partial charge in [0.15, 0.2) is 0 Å². The monoisotopic (exact) mass is 268 g/mol. The fourth-order valence-electron chi connectivity index (χ4n) is 2.47. The predicted molar refractivity (Wildman–Crippen MR) is 81.6 cm³/mol. The molecule has 1 atom stereocenters. The zero-order chi connectivity index (χ0) is 13.1. The highest BCUT2D eigenvalue weighted by molar-refractivity contribution is 7.09. The molecule has 0 saturated heterocycles. The van der Waals surface area contributed by atoms with Crippen LogP contribution in [-0.2, 0) is 6.42 Å². The van der Waals surface area contributed by atoms with Gasteiger partial charge in [-0.2, -0.15) is 0 Å². The lowest BCUT2D eigenvalue weighted by atomic mass is 9.96. The molecule has 0 aliphatic rings. The van der Waals surface area contributed by atoms with E-state index >= 15 is 0 Å². The average Bonchev–Trinajstić information content (AvgIpc) is 2.97. The van der Waals surface area contributed by atoms with E-state index in [1.807, 2.05) is 18.8 Å². The highest BCUT2D eigenvalue weighted by Crippen LogP contribution is 2.27. The van der Waals surface area contributed by atoms with E-state index in [1.165, 1.54) is 21.2 Å². The van der Waals surface area contributed by atoms with Gasteiger partial charge in [-0.05, 0) is 23.4 Å². The smallest absolute Gasteiger partial charge is 0.0794 e. The second-order valence-electron chi connectivity index (χ2n) is 4.58. The molecule has 1 heterocycles. The molecular formula is C16H16N2S. The molecule has 0 bridgehead atoms. The normalized spacial score (nSPS) is 12.7. The molecule has 2 aromatic carbocycles. The van der Waals surface area contributed by atoms with Gasteiger partial charge in [0.1, 0.15) is 0 Å². The summed E-state index contributed by atoms with van der Waals surface area (Å²) in [5.74, 6) is 0. The highest BCUT2D eigenvalue weighted by Gasteiger charge is 2.13. The van der Waals surface area contributed by atoms with E-state index in [4.69, 9.17) is 0 Å². The Labute approximate surface area is 117 Å². The summed E-state index contributed by atoms with van der Waals surface area (Å²) in [6, 6.07) is 15.4. The van der Waals surface area contributed by atoms with Crippen LogP contribution in [0.25, 0.3) is 10.8 Å². The fraction of sp³-hybridized carbons (Fsp3) is 0.188. The van der Waals surface area contributed by atoms with Crippen molar-refractivity contribution in [2.24, 2.45) is 0 Å². The number of likely N-dealkylation sites (N-methyl/N-ethyl adjacent to an activating group) is 1. The van der Waals surface area contributed by atoms with Crippen molar-refractivity contribution in [2.45, 2.75) is 12.5 Å². The van der Waals surface area contributed by atoms with Gasteiger partial charge in [0.25, 0.3) is 0 Å². The fourth-order valence-corrected chi connectivity index (χ4v) is 3.11. The van der Waals surface area contributed by atoms with E-state index in [1.54, 1.807) is 11.3 Å². The van der Waals surface area contributed by atoms with Gasteiger partial charge in [-0.25, -0.2) is 0 Å². The quantitative estimate of drug-likeness (QED) is 0.778. The molecule has 2 nitrogen and oxygen atoms in total. The Morgan fingerprint density at radius 3 is 2.79 bits per heavy atom. The molecule has 0 saturated carbocycles. The molecule has 0 fully saturated rings. The number of benzene rings is 2. The lowest BCUT2D eigenvalue weighted by Crippen LogP contribution is -2.18. The van der Waals surface area contributed by atoms with Gasteiger partial charge in [-0.3, -0.25) is 4.98 Å². The van der Waals surface area contributed by atoms with Crippen LogP contribution in [0.4, 0.5) is 0 Å². The summed E-state index contributed by atoms with van der Waals surface area (Å²) in [4.78, 5) is 5.47. The Bertz CT molecular complexity index is 656. The van der Waals surface area contributed by atoms with Gasteiger partial charge in [0.2, 0.25) is 0 Å². The number of hydrogen-bond acceptors (Lipinski definition) is 3. The van der Waals surface area contributed by atoms with Crippen LogP contribution in [0.5, 0.6) is 0 Å². The van der Waals surface area contributed by atoms with Crippen molar-refractivity contribution in [3.63, 3.8) is 0 Å². The predicted octanol–water partition coefficient (Wildman–Crippen LogP) is 3.80. The van der Waals surface area contributed by atoms with Gasteiger partial charge in [-0.15, -0.1) is 11.3 Å². The zero-order valence-corrected chi connectivity index (χ0v) is 11.7. The molecule has 0 spiro atoms. The van der Waals surface area contributed by atoms with Crippen LogP contribution in [0.3, 0.4) is 0 Å². The molecule has 0 amide bonds. The van der Waals surface area contributed by atoms with Crippen molar-refractivity contribution in [2.75, 3.05) is 7.05 Å². The summed E-state index contributed by atoms with van der Waals surface area (Å²) in [7, 11) is 2.02. The summed E-state index contributed by atoms with van der Waals surface area (Å²) >= 11 is 1.72. The van der Waals surface area contributed by atoms with E-state index in [9.17, 15) is 0 Å². The number of rotatable bonds is 4. The minimum Gasteiger partial charge on any atom is -0.313 e. The number of fused-ring (bicyclic) bond motifs is 1. The first kappa shape index (κ1) is 12.3. The van der Waals surface area contributed by atoms with Crippen LogP contribution in [0.15, 0.2) is 54.2 Å².